The predicted octanol–water partition coefficient (Wildman–Crippen LogP) is 18.5. The minimum absolute atomic E-state index is 0.125. The summed E-state index contributed by atoms with van der Waals surface area (Å²) >= 11 is 0. The van der Waals surface area contributed by atoms with Crippen molar-refractivity contribution in [1.29, 1.82) is 0 Å². The molecule has 0 saturated heterocycles. The lowest BCUT2D eigenvalue weighted by Crippen LogP contribution is -2.30. The van der Waals surface area contributed by atoms with Crippen molar-refractivity contribution >= 4 is 17.9 Å². The van der Waals surface area contributed by atoms with Gasteiger partial charge in [0, 0.05) is 19.3 Å². The highest BCUT2D eigenvalue weighted by Gasteiger charge is 2.19. The average Bonchev–Trinajstić information content (AvgIpc) is 3.34. The van der Waals surface area contributed by atoms with Crippen molar-refractivity contribution in [2.45, 2.75) is 239 Å². The second-order valence-electron chi connectivity index (χ2n) is 17.7. The summed E-state index contributed by atoms with van der Waals surface area (Å²) in [6.07, 6.45) is 76.2. The fourth-order valence-corrected chi connectivity index (χ4v) is 7.05. The van der Waals surface area contributed by atoms with Gasteiger partial charge in [-0.3, -0.25) is 14.4 Å². The first kappa shape index (κ1) is 63.8. The molecule has 0 rings (SSSR count). The molecule has 0 aliphatic heterocycles. The van der Waals surface area contributed by atoms with Gasteiger partial charge in [-0.1, -0.05) is 213 Å². The Hall–Kier alpha value is -4.19. The van der Waals surface area contributed by atoms with Gasteiger partial charge in [0.1, 0.15) is 13.2 Å². The summed E-state index contributed by atoms with van der Waals surface area (Å²) in [4.78, 5) is 38.1. The molecule has 68 heavy (non-hydrogen) atoms. The van der Waals surface area contributed by atoms with Crippen LogP contribution in [0.1, 0.15) is 233 Å². The lowest BCUT2D eigenvalue weighted by atomic mass is 10.1. The molecule has 0 saturated carbocycles. The highest BCUT2D eigenvalue weighted by Crippen LogP contribution is 2.12. The van der Waals surface area contributed by atoms with Gasteiger partial charge in [0.05, 0.1) is 0 Å². The SMILES string of the molecule is CC/C=C\C/C=C\C/C=C\CCCCCCCCC(=O)OCC(COC(=O)CCC/C=C\C/C=C\C/C=C\C/C=C\CCCCC)OC(=O)CCC/C=C\C/C=C\C/C=C\CCCCCCCC. The second-order valence-corrected chi connectivity index (χ2v) is 17.7. The van der Waals surface area contributed by atoms with E-state index in [1.165, 1.54) is 83.5 Å². The van der Waals surface area contributed by atoms with Gasteiger partial charge in [0.2, 0.25) is 0 Å². The zero-order valence-electron chi connectivity index (χ0n) is 43.8. The fourth-order valence-electron chi connectivity index (χ4n) is 7.05. The number of carbonyl (C=O) groups is 3. The molecule has 0 heterocycles. The molecule has 0 aromatic heterocycles. The number of carbonyl (C=O) groups excluding carboxylic acids is 3. The number of ether oxygens (including phenoxy) is 3. The molecular weight excluding hydrogens is 841 g/mol. The van der Waals surface area contributed by atoms with Crippen LogP contribution in [0.5, 0.6) is 0 Å². The minimum Gasteiger partial charge on any atom is -0.462 e. The quantitative estimate of drug-likeness (QED) is 0.0262. The summed E-state index contributed by atoms with van der Waals surface area (Å²) in [6.45, 7) is 6.38. The Kier molecular flexibility index (Phi) is 52.0. The molecule has 0 N–H and O–H groups in total. The Morgan fingerprint density at radius 1 is 0.309 bits per heavy atom. The molecule has 384 valence electrons. The van der Waals surface area contributed by atoms with E-state index in [0.717, 1.165) is 96.3 Å². The molecule has 0 bridgehead atoms. The van der Waals surface area contributed by atoms with Gasteiger partial charge >= 0.3 is 17.9 Å². The fraction of sp³-hybridized carbons (Fsp3) is 0.629. The monoisotopic (exact) mass is 941 g/mol. The molecule has 6 nitrogen and oxygen atoms in total. The number of rotatable bonds is 48. The second kappa shape index (κ2) is 55.4. The largest absolute Gasteiger partial charge is 0.462 e. The van der Waals surface area contributed by atoms with Gasteiger partial charge in [-0.25, -0.2) is 0 Å². The molecule has 0 fully saturated rings. The van der Waals surface area contributed by atoms with Crippen LogP contribution in [0.2, 0.25) is 0 Å². The van der Waals surface area contributed by atoms with E-state index in [0.29, 0.717) is 19.3 Å². The number of hydrogen-bond donors (Lipinski definition) is 0. The van der Waals surface area contributed by atoms with Gasteiger partial charge in [0.25, 0.3) is 0 Å². The summed E-state index contributed by atoms with van der Waals surface area (Å²) in [5.74, 6) is -1.05. The lowest BCUT2D eigenvalue weighted by molar-refractivity contribution is -0.167. The van der Waals surface area contributed by atoms with E-state index in [2.05, 4.69) is 142 Å². The highest BCUT2D eigenvalue weighted by atomic mass is 16.6. The summed E-state index contributed by atoms with van der Waals surface area (Å²) in [7, 11) is 0. The van der Waals surface area contributed by atoms with Crippen LogP contribution in [-0.4, -0.2) is 37.2 Å². The van der Waals surface area contributed by atoms with E-state index in [1.54, 1.807) is 0 Å². The third-order valence-electron chi connectivity index (χ3n) is 11.2. The summed E-state index contributed by atoms with van der Waals surface area (Å²) in [5.41, 5.74) is 0. The number of allylic oxidation sites excluding steroid dienone is 20. The Balaban J connectivity index is 4.59. The van der Waals surface area contributed by atoms with Crippen LogP contribution in [0.3, 0.4) is 0 Å². The van der Waals surface area contributed by atoms with Gasteiger partial charge < -0.3 is 14.2 Å². The van der Waals surface area contributed by atoms with Crippen molar-refractivity contribution in [3.8, 4) is 0 Å². The van der Waals surface area contributed by atoms with Crippen molar-refractivity contribution in [2.75, 3.05) is 13.2 Å². The number of unbranched alkanes of at least 4 members (excludes halogenated alkanes) is 17. The van der Waals surface area contributed by atoms with Crippen molar-refractivity contribution in [1.82, 2.24) is 0 Å². The van der Waals surface area contributed by atoms with Crippen LogP contribution in [0.15, 0.2) is 122 Å². The van der Waals surface area contributed by atoms with Crippen molar-refractivity contribution in [3.05, 3.63) is 122 Å². The number of esters is 3. The van der Waals surface area contributed by atoms with Crippen molar-refractivity contribution in [3.63, 3.8) is 0 Å². The maximum atomic E-state index is 12.8. The first-order valence-electron chi connectivity index (χ1n) is 27.5. The molecule has 0 aromatic carbocycles. The van der Waals surface area contributed by atoms with E-state index in [4.69, 9.17) is 14.2 Å². The third kappa shape index (κ3) is 52.8. The first-order valence-corrected chi connectivity index (χ1v) is 27.5. The first-order chi connectivity index (χ1) is 33.5. The predicted molar refractivity (Wildman–Crippen MR) is 293 cm³/mol. The summed E-state index contributed by atoms with van der Waals surface area (Å²) in [5, 5.41) is 0. The molecule has 1 atom stereocenters. The third-order valence-corrected chi connectivity index (χ3v) is 11.2. The average molecular weight is 941 g/mol. The van der Waals surface area contributed by atoms with Crippen LogP contribution in [-0.2, 0) is 28.6 Å². The Morgan fingerprint density at radius 2 is 0.588 bits per heavy atom. The Bertz CT molecular complexity index is 1450. The summed E-state index contributed by atoms with van der Waals surface area (Å²) < 4.78 is 16.7. The maximum absolute atomic E-state index is 12.8. The van der Waals surface area contributed by atoms with Crippen molar-refractivity contribution < 1.29 is 28.6 Å². The molecule has 0 spiro atoms. The molecular formula is C62H100O6. The van der Waals surface area contributed by atoms with Crippen LogP contribution in [0.25, 0.3) is 0 Å². The van der Waals surface area contributed by atoms with E-state index >= 15 is 0 Å². The molecule has 0 aliphatic rings. The number of hydrogen-bond acceptors (Lipinski definition) is 6. The maximum Gasteiger partial charge on any atom is 0.306 e. The van der Waals surface area contributed by atoms with Crippen LogP contribution in [0, 0.1) is 0 Å². The van der Waals surface area contributed by atoms with E-state index in [9.17, 15) is 14.4 Å². The normalized spacial score (nSPS) is 13.0. The van der Waals surface area contributed by atoms with Crippen LogP contribution >= 0.6 is 0 Å². The minimum atomic E-state index is -0.836. The standard InChI is InChI=1S/C62H100O6/c1-4-7-10-13-16-19-22-25-28-31-34-37-40-43-46-49-52-55-61(64)67-58-59(57-66-60(63)54-51-48-45-42-39-36-33-30-27-24-21-18-15-12-9-6-3)68-62(65)56-53-50-47-44-41-38-35-32-29-26-23-20-17-14-11-8-5-2/h9,12,16,18-19,21,25-30,34-35,37-38,43-44,46-47,59H,4-8,10-11,13-15,17,20,22-24,31-33,36,39-42,45,48-58H2,1-3H3/b12-9-,19-16-,21-18-,28-25-,29-26-,30-27-,37-34-,38-35-,46-43-,47-44-. The van der Waals surface area contributed by atoms with E-state index in [-0.39, 0.29) is 44.0 Å². The zero-order valence-corrected chi connectivity index (χ0v) is 43.8. The van der Waals surface area contributed by atoms with Gasteiger partial charge in [-0.2, -0.15) is 0 Å². The smallest absolute Gasteiger partial charge is 0.306 e. The van der Waals surface area contributed by atoms with Crippen LogP contribution < -0.4 is 0 Å². The molecule has 6 heteroatoms. The Labute approximate surface area is 418 Å². The molecule has 0 aromatic rings. The molecule has 0 aliphatic carbocycles. The topological polar surface area (TPSA) is 78.9 Å². The van der Waals surface area contributed by atoms with Gasteiger partial charge in [0.15, 0.2) is 6.10 Å². The summed E-state index contributed by atoms with van der Waals surface area (Å²) in [6, 6.07) is 0. The Morgan fingerprint density at radius 3 is 0.985 bits per heavy atom. The highest BCUT2D eigenvalue weighted by molar-refractivity contribution is 5.71. The molecule has 0 amide bonds. The molecule has 0 radical (unpaired) electrons. The van der Waals surface area contributed by atoms with Crippen molar-refractivity contribution in [2.24, 2.45) is 0 Å². The molecule has 1 unspecified atom stereocenters. The lowest BCUT2D eigenvalue weighted by Gasteiger charge is -2.18. The van der Waals surface area contributed by atoms with E-state index in [1.807, 2.05) is 0 Å². The zero-order chi connectivity index (χ0) is 49.3. The van der Waals surface area contributed by atoms with E-state index < -0.39 is 6.10 Å². The van der Waals surface area contributed by atoms with Crippen LogP contribution in [0.4, 0.5) is 0 Å². The van der Waals surface area contributed by atoms with Gasteiger partial charge in [-0.15, -0.1) is 0 Å². The van der Waals surface area contributed by atoms with Gasteiger partial charge in [-0.05, 0) is 122 Å².